The van der Waals surface area contributed by atoms with Crippen LogP contribution in [0.4, 0.5) is 0 Å². The van der Waals surface area contributed by atoms with Gasteiger partial charge in [0.15, 0.2) is 0 Å². The van der Waals surface area contributed by atoms with Gasteiger partial charge in [0, 0.05) is 0 Å². The Bertz CT molecular complexity index is 17.7. The van der Waals surface area contributed by atoms with Gasteiger partial charge in [0.25, 0.3) is 0 Å². The van der Waals surface area contributed by atoms with Gasteiger partial charge in [0.05, 0.1) is 0 Å². The van der Waals surface area contributed by atoms with E-state index in [1.54, 1.807) is 0 Å². The molecule has 0 fully saturated rings. The number of hydrogen-bond acceptors (Lipinski definition) is 0. The maximum Gasteiger partial charge on any atom is 3.00 e. The first kappa shape index (κ1) is 117. The topological polar surface area (TPSA) is 171 Å². The second kappa shape index (κ2) is 93.9. The minimum atomic E-state index is 0. The van der Waals surface area contributed by atoms with Gasteiger partial charge in [-0.1, -0.05) is 0 Å². The molecule has 0 aromatic carbocycles. The quantitative estimate of drug-likeness (QED) is 0.320. The van der Waals surface area contributed by atoms with Crippen molar-refractivity contribution in [2.75, 3.05) is 0 Å². The zero-order valence-electron chi connectivity index (χ0n) is 4.60. The second-order valence-electron chi connectivity index (χ2n) is 0. The van der Waals surface area contributed by atoms with Crippen LogP contribution in [-0.2, 0) is 32.9 Å². The van der Waals surface area contributed by atoms with Crippen LogP contribution in [-0.4, -0.2) is 0 Å². The van der Waals surface area contributed by atoms with Crippen LogP contribution in [0.2, 0.25) is 0 Å². The molecule has 0 spiro atoms. The molecule has 0 amide bonds. The summed E-state index contributed by atoms with van der Waals surface area (Å²) in [5, 5.41) is 0. The van der Waals surface area contributed by atoms with Crippen LogP contribution in [0.1, 0.15) is 0 Å². The van der Waals surface area contributed by atoms with Gasteiger partial charge in [-0.2, -0.15) is 0 Å². The van der Waals surface area contributed by atoms with E-state index >= 15 is 0 Å². The van der Waals surface area contributed by atoms with Crippen molar-refractivity contribution in [2.24, 2.45) is 0 Å². The largest absolute Gasteiger partial charge is 3.00 e. The van der Waals surface area contributed by atoms with Crippen molar-refractivity contribution in [3.05, 3.63) is 0 Å². The van der Waals surface area contributed by atoms with Gasteiger partial charge >= 0.3 is 159 Å². The van der Waals surface area contributed by atoms with E-state index in [0.717, 1.165) is 0 Å². The van der Waals surface area contributed by atoms with E-state index in [4.69, 9.17) is 0 Å². The van der Waals surface area contributed by atoms with Crippen molar-refractivity contribution in [3.63, 3.8) is 0 Å². The van der Waals surface area contributed by atoms with Gasteiger partial charge in [0.2, 0.25) is 0 Å². The summed E-state index contributed by atoms with van der Waals surface area (Å²) in [7, 11) is 0. The number of hydrogen-bond donors (Lipinski definition) is 0. The third-order valence-corrected chi connectivity index (χ3v) is 0. The van der Waals surface area contributed by atoms with Crippen molar-refractivity contribution in [3.8, 4) is 0 Å². The van der Waals surface area contributed by atoms with Gasteiger partial charge in [0.1, 0.15) is 0 Å². The van der Waals surface area contributed by atoms with Crippen molar-refractivity contribution in [1.82, 2.24) is 0 Å². The summed E-state index contributed by atoms with van der Waals surface area (Å²) in [6, 6.07) is 0. The van der Waals surface area contributed by atoms with Gasteiger partial charge < -0.3 is 32.9 Å². The van der Waals surface area contributed by atoms with Crippen LogP contribution in [0.15, 0.2) is 0 Å². The third kappa shape index (κ3) is 74.4. The molecule has 0 unspecified atom stereocenters. The third-order valence-electron chi connectivity index (χ3n) is 0. The molecule has 10 heteroatoms. The summed E-state index contributed by atoms with van der Waals surface area (Å²) in [4.78, 5) is 0. The van der Waals surface area contributed by atoms with Crippen LogP contribution in [0.5, 0.6) is 0 Å². The van der Waals surface area contributed by atoms with Crippen LogP contribution < -0.4 is 0 Å². The Kier molecular flexibility index (Phi) is 1090. The second-order valence-corrected chi connectivity index (χ2v) is 0. The smallest absolute Gasteiger partial charge is 2.00 e. The van der Waals surface area contributed by atoms with E-state index in [1.165, 1.54) is 0 Å². The van der Waals surface area contributed by atoms with E-state index in [-0.39, 0.29) is 192 Å². The first-order valence-electron chi connectivity index (χ1n) is 0. The Morgan fingerprint density at radius 2 is 0.500 bits per heavy atom. The van der Waals surface area contributed by atoms with E-state index in [2.05, 4.69) is 0 Å². The maximum atomic E-state index is 0. The zero-order valence-corrected chi connectivity index (χ0v) is 18.3. The van der Waals surface area contributed by atoms with Crippen molar-refractivity contribution in [2.45, 2.75) is 0 Å². The summed E-state index contributed by atoms with van der Waals surface area (Å²) in [6.45, 7) is 0. The molecular weight excluding hydrogens is 660 g/mol. The molecule has 0 aromatic heterocycles. The minimum absolute atomic E-state index is 0. The Morgan fingerprint density at radius 1 is 0.500 bits per heavy atom. The summed E-state index contributed by atoms with van der Waals surface area (Å²) in [5.74, 6) is 0. The number of rotatable bonds is 0. The zero-order chi connectivity index (χ0) is 0. The van der Waals surface area contributed by atoms with Gasteiger partial charge in [-0.3, -0.25) is 0 Å². The molecule has 0 saturated heterocycles. The first-order valence-corrected chi connectivity index (χ1v) is 0. The van der Waals surface area contributed by atoms with E-state index in [0.29, 0.717) is 0 Å². The SMILES string of the molecule is [Ce+3].[La+3].[Nd+3].[O-2].[O-2].[O-2].[O-2].[O-2].[O-2].[Pr+3]. The first-order chi connectivity index (χ1) is 0. The van der Waals surface area contributed by atoms with E-state index in [9.17, 15) is 0 Å². The molecule has 0 saturated carbocycles. The molecule has 50 valence electrons. The van der Waals surface area contributed by atoms with Crippen molar-refractivity contribution >= 4 is 0 Å². The summed E-state index contributed by atoms with van der Waals surface area (Å²) < 4.78 is 0. The molecule has 0 aliphatic heterocycles. The van der Waals surface area contributed by atoms with Gasteiger partial charge in [-0.15, -0.1) is 0 Å². The molecule has 0 atom stereocenters. The fourth-order valence-electron chi connectivity index (χ4n) is 0. The van der Waals surface area contributed by atoms with E-state index in [1.807, 2.05) is 0 Å². The predicted octanol–water partition coefficient (Wildman–Crippen LogP) is -0.713. The van der Waals surface area contributed by atoms with Crippen molar-refractivity contribution < 1.29 is 192 Å². The Hall–Kier alpha value is 5.05. The Labute approximate surface area is 187 Å². The van der Waals surface area contributed by atoms with Crippen LogP contribution in [0.3, 0.4) is 0 Å². The summed E-state index contributed by atoms with van der Waals surface area (Å²) >= 11 is 0. The molecule has 0 aliphatic carbocycles. The molecule has 0 rings (SSSR count). The van der Waals surface area contributed by atoms with Crippen LogP contribution in [0, 0.1) is 159 Å². The molecule has 10 heavy (non-hydrogen) atoms. The Balaban J connectivity index is 0. The van der Waals surface area contributed by atoms with E-state index < -0.39 is 0 Å². The Morgan fingerprint density at radius 3 is 0.500 bits per heavy atom. The predicted molar refractivity (Wildman–Crippen MR) is 4.12 cm³/mol. The molecule has 0 heterocycles. The standard InChI is InChI=1S/Ce.La.Nd.6O.Pr/q3*+3;6*-2;+3. The van der Waals surface area contributed by atoms with Crippen LogP contribution >= 0.6 is 0 Å². The maximum absolute atomic E-state index is 0. The van der Waals surface area contributed by atoms with Gasteiger partial charge in [-0.05, 0) is 0 Å². The fourth-order valence-corrected chi connectivity index (χ4v) is 0. The van der Waals surface area contributed by atoms with Gasteiger partial charge in [-0.25, -0.2) is 0 Å². The molecule has 2 radical (unpaired) electrons. The summed E-state index contributed by atoms with van der Waals surface area (Å²) in [5.41, 5.74) is 0. The summed E-state index contributed by atoms with van der Waals surface area (Å²) in [6.07, 6.45) is 0. The average Bonchev–Trinajstić information content (AvgIpc) is 0. The molecule has 6 nitrogen and oxygen atoms in total. The molecule has 0 bridgehead atoms. The normalized spacial score (nSPS) is 0. The average molecular weight is 660 g/mol. The molecule has 0 aliphatic rings. The fraction of sp³-hybridized carbons (Fsp3) is 0. The van der Waals surface area contributed by atoms with Crippen LogP contribution in [0.25, 0.3) is 0 Å². The van der Waals surface area contributed by atoms with Crippen molar-refractivity contribution in [1.29, 1.82) is 0 Å². The molecule has 0 N–H and O–H groups in total. The monoisotopic (exact) mass is 658 g/mol. The minimum Gasteiger partial charge on any atom is -2.00 e. The molecule has 0 aromatic rings. The molecular formula is CeLaNdO6Pr.